The second-order valence-electron chi connectivity index (χ2n) is 6.33. The van der Waals surface area contributed by atoms with E-state index in [1.54, 1.807) is 11.3 Å². The van der Waals surface area contributed by atoms with Crippen molar-refractivity contribution < 1.29 is 0 Å². The van der Waals surface area contributed by atoms with Gasteiger partial charge in [0.15, 0.2) is 0 Å². The van der Waals surface area contributed by atoms with E-state index in [0.717, 1.165) is 31.1 Å². The Labute approximate surface area is 142 Å². The standard InChI is InChI=1S/C17H25N5S/c1-21(2)17-6-5-15(10-18-17)20-14-4-3-8-22(9-7-14)11-16-12-23-13-19-16/h5-6,10,12-14,20H,3-4,7-9,11H2,1-2H3/t14-/m0/s1. The Hall–Kier alpha value is -1.66. The van der Waals surface area contributed by atoms with Crippen LogP contribution in [0.5, 0.6) is 0 Å². The quantitative estimate of drug-likeness (QED) is 0.912. The van der Waals surface area contributed by atoms with Crippen LogP contribution in [0.3, 0.4) is 0 Å². The minimum absolute atomic E-state index is 0.530. The summed E-state index contributed by atoms with van der Waals surface area (Å²) in [5.74, 6) is 0.992. The predicted molar refractivity (Wildman–Crippen MR) is 97.2 cm³/mol. The van der Waals surface area contributed by atoms with Crippen molar-refractivity contribution in [3.63, 3.8) is 0 Å². The second-order valence-corrected chi connectivity index (χ2v) is 7.05. The second kappa shape index (κ2) is 7.75. The first-order valence-corrected chi connectivity index (χ1v) is 9.14. The summed E-state index contributed by atoms with van der Waals surface area (Å²) in [5.41, 5.74) is 4.24. The number of nitrogens with one attached hydrogen (secondary N) is 1. The zero-order valence-electron chi connectivity index (χ0n) is 13.9. The summed E-state index contributed by atoms with van der Waals surface area (Å²) in [7, 11) is 4.02. The van der Waals surface area contributed by atoms with Crippen molar-refractivity contribution in [3.05, 3.63) is 34.9 Å². The number of pyridine rings is 1. The average molecular weight is 331 g/mol. The molecule has 3 rings (SSSR count). The molecule has 124 valence electrons. The topological polar surface area (TPSA) is 44.3 Å². The number of aromatic nitrogens is 2. The molecule has 6 heteroatoms. The van der Waals surface area contributed by atoms with Gasteiger partial charge in [-0.2, -0.15) is 0 Å². The number of anilines is 2. The van der Waals surface area contributed by atoms with E-state index >= 15 is 0 Å². The third-order valence-corrected chi connectivity index (χ3v) is 4.90. The number of rotatable bonds is 5. The van der Waals surface area contributed by atoms with Gasteiger partial charge in [0.2, 0.25) is 0 Å². The first-order chi connectivity index (χ1) is 11.2. The van der Waals surface area contributed by atoms with Gasteiger partial charge in [0.25, 0.3) is 0 Å². The lowest BCUT2D eigenvalue weighted by molar-refractivity contribution is 0.273. The smallest absolute Gasteiger partial charge is 0.128 e. The number of hydrogen-bond donors (Lipinski definition) is 1. The number of hydrogen-bond acceptors (Lipinski definition) is 6. The SMILES string of the molecule is CN(C)c1ccc(N[C@H]2CCCN(Cc3cscn3)CC2)cn1. The largest absolute Gasteiger partial charge is 0.381 e. The minimum Gasteiger partial charge on any atom is -0.381 e. The lowest BCUT2D eigenvalue weighted by atomic mass is 10.1. The predicted octanol–water partition coefficient (Wildman–Crippen LogP) is 3.07. The molecule has 0 aliphatic carbocycles. The highest BCUT2D eigenvalue weighted by Gasteiger charge is 2.17. The van der Waals surface area contributed by atoms with Crippen molar-refractivity contribution in [2.75, 3.05) is 37.4 Å². The summed E-state index contributed by atoms with van der Waals surface area (Å²) in [6, 6.07) is 4.72. The van der Waals surface area contributed by atoms with Crippen LogP contribution < -0.4 is 10.2 Å². The summed E-state index contributed by atoms with van der Waals surface area (Å²) >= 11 is 1.68. The zero-order valence-corrected chi connectivity index (χ0v) is 14.7. The van der Waals surface area contributed by atoms with Gasteiger partial charge in [-0.3, -0.25) is 4.90 Å². The van der Waals surface area contributed by atoms with Crippen LogP contribution in [0.4, 0.5) is 11.5 Å². The highest BCUT2D eigenvalue weighted by Crippen LogP contribution is 2.19. The molecular weight excluding hydrogens is 306 g/mol. The van der Waals surface area contributed by atoms with E-state index < -0.39 is 0 Å². The van der Waals surface area contributed by atoms with E-state index in [4.69, 9.17) is 0 Å². The van der Waals surface area contributed by atoms with Crippen LogP contribution in [0.1, 0.15) is 25.0 Å². The Morgan fingerprint density at radius 2 is 2.17 bits per heavy atom. The summed E-state index contributed by atoms with van der Waals surface area (Å²) in [5, 5.41) is 5.80. The van der Waals surface area contributed by atoms with Crippen LogP contribution in [0.2, 0.25) is 0 Å². The van der Waals surface area contributed by atoms with Crippen LogP contribution in [0.25, 0.3) is 0 Å². The maximum absolute atomic E-state index is 4.48. The molecule has 0 amide bonds. The molecule has 2 aromatic rings. The number of likely N-dealkylation sites (tertiary alicyclic amines) is 1. The van der Waals surface area contributed by atoms with E-state index in [0.29, 0.717) is 6.04 Å². The highest BCUT2D eigenvalue weighted by molar-refractivity contribution is 7.07. The van der Waals surface area contributed by atoms with Crippen molar-refractivity contribution in [2.45, 2.75) is 31.8 Å². The molecule has 1 fully saturated rings. The fourth-order valence-electron chi connectivity index (χ4n) is 2.97. The summed E-state index contributed by atoms with van der Waals surface area (Å²) in [6.45, 7) is 3.27. The van der Waals surface area contributed by atoms with Crippen molar-refractivity contribution in [3.8, 4) is 0 Å². The molecule has 0 radical (unpaired) electrons. The molecule has 1 atom stereocenters. The van der Waals surface area contributed by atoms with Gasteiger partial charge in [-0.05, 0) is 37.9 Å². The number of thiazole rings is 1. The molecule has 5 nitrogen and oxygen atoms in total. The summed E-state index contributed by atoms with van der Waals surface area (Å²) < 4.78 is 0. The van der Waals surface area contributed by atoms with Crippen molar-refractivity contribution >= 4 is 22.8 Å². The van der Waals surface area contributed by atoms with Gasteiger partial charge in [0, 0.05) is 38.6 Å². The van der Waals surface area contributed by atoms with Crippen molar-refractivity contribution in [1.29, 1.82) is 0 Å². The average Bonchev–Trinajstić information content (AvgIpc) is 2.96. The molecule has 1 aliphatic heterocycles. The lowest BCUT2D eigenvalue weighted by Gasteiger charge is -2.20. The Bertz CT molecular complexity index is 582. The van der Waals surface area contributed by atoms with Gasteiger partial charge in [-0.1, -0.05) is 0 Å². The van der Waals surface area contributed by atoms with Gasteiger partial charge in [0.1, 0.15) is 5.82 Å². The molecule has 3 heterocycles. The normalized spacial score (nSPS) is 19.3. The molecule has 0 spiro atoms. The highest BCUT2D eigenvalue weighted by atomic mass is 32.1. The van der Waals surface area contributed by atoms with Crippen molar-refractivity contribution in [2.24, 2.45) is 0 Å². The van der Waals surface area contributed by atoms with E-state index in [-0.39, 0.29) is 0 Å². The van der Waals surface area contributed by atoms with Crippen LogP contribution in [-0.4, -0.2) is 48.1 Å². The Morgan fingerprint density at radius 1 is 1.26 bits per heavy atom. The van der Waals surface area contributed by atoms with Gasteiger partial charge in [-0.15, -0.1) is 11.3 Å². The first kappa shape index (κ1) is 16.2. The third kappa shape index (κ3) is 4.65. The van der Waals surface area contributed by atoms with Crippen LogP contribution in [-0.2, 0) is 6.54 Å². The summed E-state index contributed by atoms with van der Waals surface area (Å²) in [4.78, 5) is 13.4. The lowest BCUT2D eigenvalue weighted by Crippen LogP contribution is -2.26. The Morgan fingerprint density at radius 3 is 2.87 bits per heavy atom. The van der Waals surface area contributed by atoms with Gasteiger partial charge in [-0.25, -0.2) is 9.97 Å². The Kier molecular flexibility index (Phi) is 5.46. The zero-order chi connectivity index (χ0) is 16.1. The molecule has 2 aromatic heterocycles. The minimum atomic E-state index is 0.530. The van der Waals surface area contributed by atoms with E-state index in [1.807, 2.05) is 30.7 Å². The first-order valence-electron chi connectivity index (χ1n) is 8.20. The molecule has 0 unspecified atom stereocenters. The third-order valence-electron chi connectivity index (χ3n) is 4.27. The Balaban J connectivity index is 1.51. The fraction of sp³-hybridized carbons (Fsp3) is 0.529. The van der Waals surface area contributed by atoms with E-state index in [2.05, 4.69) is 37.7 Å². The van der Waals surface area contributed by atoms with Crippen LogP contribution in [0, 0.1) is 0 Å². The molecule has 23 heavy (non-hydrogen) atoms. The molecule has 0 saturated carbocycles. The maximum atomic E-state index is 4.48. The summed E-state index contributed by atoms with van der Waals surface area (Å²) in [6.07, 6.45) is 5.54. The van der Waals surface area contributed by atoms with Crippen LogP contribution in [0.15, 0.2) is 29.2 Å². The molecule has 1 saturated heterocycles. The molecule has 0 bridgehead atoms. The van der Waals surface area contributed by atoms with E-state index in [1.165, 1.54) is 25.0 Å². The van der Waals surface area contributed by atoms with Gasteiger partial charge < -0.3 is 10.2 Å². The van der Waals surface area contributed by atoms with Gasteiger partial charge >= 0.3 is 0 Å². The van der Waals surface area contributed by atoms with Crippen LogP contribution >= 0.6 is 11.3 Å². The van der Waals surface area contributed by atoms with Gasteiger partial charge in [0.05, 0.1) is 23.1 Å². The monoisotopic (exact) mass is 331 g/mol. The number of nitrogens with zero attached hydrogens (tertiary/aromatic N) is 4. The van der Waals surface area contributed by atoms with Crippen molar-refractivity contribution in [1.82, 2.24) is 14.9 Å². The van der Waals surface area contributed by atoms with E-state index in [9.17, 15) is 0 Å². The molecular formula is C17H25N5S. The maximum Gasteiger partial charge on any atom is 0.128 e. The fourth-order valence-corrected chi connectivity index (χ4v) is 3.52. The molecule has 1 N–H and O–H groups in total. The molecule has 1 aliphatic rings. The molecule has 0 aromatic carbocycles.